The molecule has 3 aromatic rings. The summed E-state index contributed by atoms with van der Waals surface area (Å²) in [5.41, 5.74) is 0.387. The van der Waals surface area contributed by atoms with Gasteiger partial charge in [0.2, 0.25) is 0 Å². The number of carbonyl (C=O) groups is 2. The molecule has 4 rings (SSSR count). The Morgan fingerprint density at radius 3 is 2.00 bits per heavy atom. The largest absolute Gasteiger partial charge is 0.601 e. The average Bonchev–Trinajstić information content (AvgIpc) is 2.77. The summed E-state index contributed by atoms with van der Waals surface area (Å²) in [6, 6.07) is 16.8. The van der Waals surface area contributed by atoms with E-state index < -0.39 is 44.8 Å². The molecule has 0 radical (unpaired) electrons. The molecule has 182 valence electrons. The molecule has 0 aliphatic carbocycles. The summed E-state index contributed by atoms with van der Waals surface area (Å²) in [6.07, 6.45) is 0. The number of phenols is 1. The van der Waals surface area contributed by atoms with Crippen LogP contribution in [0.4, 0.5) is 0 Å². The van der Waals surface area contributed by atoms with Crippen LogP contribution in [0.3, 0.4) is 0 Å². The second-order valence-corrected chi connectivity index (χ2v) is 10.3. The number of rotatable bonds is 6. The van der Waals surface area contributed by atoms with Gasteiger partial charge in [-0.2, -0.15) is 4.31 Å². The Bertz CT molecular complexity index is 1370. The van der Waals surface area contributed by atoms with Gasteiger partial charge in [0.05, 0.1) is 0 Å². The number of phenolic OH excluding ortho intramolecular Hbond substituents is 1. The fraction of sp³-hybridized carbons (Fsp3) is 0.0909. The van der Waals surface area contributed by atoms with Gasteiger partial charge in [0.1, 0.15) is 28.7 Å². The Balaban J connectivity index is 1.70. The number of fused-ring (bicyclic) bond motifs is 2. The number of ether oxygens (including phenoxy) is 1. The zero-order valence-corrected chi connectivity index (χ0v) is 19.7. The summed E-state index contributed by atoms with van der Waals surface area (Å²) < 4.78 is 44.1. The van der Waals surface area contributed by atoms with Crippen LogP contribution < -0.4 is 4.74 Å². The predicted molar refractivity (Wildman–Crippen MR) is 120 cm³/mol. The van der Waals surface area contributed by atoms with E-state index in [2.05, 4.69) is 8.83 Å². The van der Waals surface area contributed by atoms with Gasteiger partial charge in [0.15, 0.2) is 0 Å². The van der Waals surface area contributed by atoms with Crippen molar-refractivity contribution in [3.63, 3.8) is 0 Å². The molecule has 0 saturated carbocycles. The first kappa shape index (κ1) is 24.7. The standard InChI is InChI=1S/C22H18O11P2/c1-13-7-6-10-16(20(13)23)21(24)31-35(29,33-34(26,27)28)32-22(25)19-14-8-2-4-11-17(14)30-18-12-5-3-9-15(18)19/h2-12,19,23H,1H3,(H2,26,27,28). The lowest BCUT2D eigenvalue weighted by atomic mass is 9.88. The highest BCUT2D eigenvalue weighted by molar-refractivity contribution is 7.61. The third-order valence-corrected chi connectivity index (χ3v) is 7.42. The van der Waals surface area contributed by atoms with E-state index in [9.17, 15) is 33.6 Å². The maximum Gasteiger partial charge on any atom is 0.601 e. The van der Waals surface area contributed by atoms with Gasteiger partial charge in [-0.05, 0) is 30.7 Å². The van der Waals surface area contributed by atoms with Gasteiger partial charge in [0.25, 0.3) is 0 Å². The zero-order valence-electron chi connectivity index (χ0n) is 17.9. The van der Waals surface area contributed by atoms with Crippen molar-refractivity contribution in [3.8, 4) is 17.2 Å². The molecule has 1 aliphatic heterocycles. The lowest BCUT2D eigenvalue weighted by molar-refractivity contribution is -0.136. The van der Waals surface area contributed by atoms with Gasteiger partial charge in [-0.3, -0.25) is 4.79 Å². The lowest BCUT2D eigenvalue weighted by Crippen LogP contribution is -2.21. The Hall–Kier alpha value is -3.46. The molecule has 1 unspecified atom stereocenters. The van der Waals surface area contributed by atoms with Crippen molar-refractivity contribution in [2.75, 3.05) is 0 Å². The molecule has 1 atom stereocenters. The number of hydrogen-bond acceptors (Lipinski definition) is 9. The summed E-state index contributed by atoms with van der Waals surface area (Å²) in [4.78, 5) is 44.3. The van der Waals surface area contributed by atoms with Crippen LogP contribution in [0.1, 0.15) is 33.0 Å². The third-order valence-electron chi connectivity index (χ3n) is 4.98. The van der Waals surface area contributed by atoms with E-state index in [0.29, 0.717) is 22.6 Å². The van der Waals surface area contributed by atoms with Crippen LogP contribution in [0.25, 0.3) is 0 Å². The number of phosphoric acid groups is 2. The summed E-state index contributed by atoms with van der Waals surface area (Å²) in [7, 11) is -11.1. The smallest absolute Gasteiger partial charge is 0.507 e. The van der Waals surface area contributed by atoms with Gasteiger partial charge >= 0.3 is 27.6 Å². The maximum atomic E-state index is 13.2. The SMILES string of the molecule is Cc1cccc(C(=O)OP(=O)(OC(=O)C2c3ccccc3Oc3ccccc32)OP(=O)(O)O)c1O. The first-order valence-electron chi connectivity index (χ1n) is 9.96. The first-order chi connectivity index (χ1) is 16.5. The minimum Gasteiger partial charge on any atom is -0.507 e. The molecule has 0 fully saturated rings. The third kappa shape index (κ3) is 5.30. The topological polar surface area (TPSA) is 166 Å². The monoisotopic (exact) mass is 520 g/mol. The van der Waals surface area contributed by atoms with Crippen LogP contribution in [0.15, 0.2) is 66.7 Å². The maximum absolute atomic E-state index is 13.2. The van der Waals surface area contributed by atoms with Crippen molar-refractivity contribution in [2.45, 2.75) is 12.8 Å². The van der Waals surface area contributed by atoms with E-state index >= 15 is 0 Å². The van der Waals surface area contributed by atoms with E-state index in [1.54, 1.807) is 48.5 Å². The van der Waals surface area contributed by atoms with Crippen LogP contribution in [-0.4, -0.2) is 26.8 Å². The van der Waals surface area contributed by atoms with E-state index in [4.69, 9.17) is 9.26 Å². The molecule has 0 saturated heterocycles. The Morgan fingerprint density at radius 1 is 0.857 bits per heavy atom. The minimum atomic E-state index is -5.59. The number of phosphoric ester groups is 1. The number of aromatic hydroxyl groups is 1. The fourth-order valence-electron chi connectivity index (χ4n) is 3.48. The predicted octanol–water partition coefficient (Wildman–Crippen LogP) is 4.56. The molecule has 0 bridgehead atoms. The van der Waals surface area contributed by atoms with Crippen LogP contribution in [0, 0.1) is 6.92 Å². The van der Waals surface area contributed by atoms with Gasteiger partial charge in [-0.1, -0.05) is 48.5 Å². The lowest BCUT2D eigenvalue weighted by Gasteiger charge is -2.27. The molecule has 1 aliphatic rings. The summed E-state index contributed by atoms with van der Waals surface area (Å²) in [5.74, 6) is -3.98. The first-order valence-corrected chi connectivity index (χ1v) is 12.9. The summed E-state index contributed by atoms with van der Waals surface area (Å²) >= 11 is 0. The summed E-state index contributed by atoms with van der Waals surface area (Å²) in [6.45, 7) is 1.47. The van der Waals surface area contributed by atoms with Crippen molar-refractivity contribution in [1.82, 2.24) is 0 Å². The van der Waals surface area contributed by atoms with Crippen LogP contribution in [-0.2, 0) is 27.3 Å². The Kier molecular flexibility index (Phi) is 6.55. The van der Waals surface area contributed by atoms with Gasteiger partial charge in [-0.15, -0.1) is 0 Å². The van der Waals surface area contributed by atoms with Gasteiger partial charge in [-0.25, -0.2) is 13.9 Å². The van der Waals surface area contributed by atoms with Crippen molar-refractivity contribution >= 4 is 27.6 Å². The van der Waals surface area contributed by atoms with Gasteiger partial charge in [0, 0.05) is 11.1 Å². The number of hydrogen-bond donors (Lipinski definition) is 3. The molecule has 35 heavy (non-hydrogen) atoms. The van der Waals surface area contributed by atoms with E-state index in [1.165, 1.54) is 19.1 Å². The highest BCUT2D eigenvalue weighted by Crippen LogP contribution is 2.62. The number of carbonyl (C=O) groups excluding carboxylic acids is 2. The van der Waals surface area contributed by atoms with Crippen LogP contribution in [0.2, 0.25) is 0 Å². The van der Waals surface area contributed by atoms with Gasteiger partial charge < -0.3 is 28.7 Å². The highest BCUT2D eigenvalue weighted by atomic mass is 31.3. The Morgan fingerprint density at radius 2 is 1.43 bits per heavy atom. The highest BCUT2D eigenvalue weighted by Gasteiger charge is 2.46. The van der Waals surface area contributed by atoms with E-state index in [-0.39, 0.29) is 5.56 Å². The molecular weight excluding hydrogens is 502 g/mol. The summed E-state index contributed by atoms with van der Waals surface area (Å²) in [5, 5.41) is 10.1. The molecule has 0 amide bonds. The van der Waals surface area contributed by atoms with Crippen LogP contribution in [0.5, 0.6) is 17.2 Å². The van der Waals surface area contributed by atoms with Crippen molar-refractivity contribution in [3.05, 3.63) is 89.0 Å². The van der Waals surface area contributed by atoms with Crippen molar-refractivity contribution < 1.29 is 51.7 Å². The van der Waals surface area contributed by atoms with E-state index in [1.807, 2.05) is 0 Å². The van der Waals surface area contributed by atoms with Crippen molar-refractivity contribution in [1.29, 1.82) is 0 Å². The van der Waals surface area contributed by atoms with Crippen LogP contribution >= 0.6 is 15.6 Å². The number of para-hydroxylation sites is 3. The quantitative estimate of drug-likeness (QED) is 0.390. The molecule has 0 spiro atoms. The second-order valence-electron chi connectivity index (χ2n) is 7.39. The minimum absolute atomic E-state index is 0.262. The number of benzene rings is 3. The molecule has 11 nitrogen and oxygen atoms in total. The molecule has 13 heteroatoms. The van der Waals surface area contributed by atoms with E-state index in [0.717, 1.165) is 6.07 Å². The Labute approximate surface area is 198 Å². The normalized spacial score (nSPS) is 14.6. The fourth-order valence-corrected chi connectivity index (χ4v) is 5.46. The molecule has 3 N–H and O–H groups in total. The van der Waals surface area contributed by atoms with Crippen molar-refractivity contribution in [2.24, 2.45) is 0 Å². The molecule has 3 aromatic carbocycles. The number of aryl methyl sites for hydroxylation is 1. The zero-order chi connectivity index (χ0) is 25.4. The molecular formula is C22H18O11P2. The molecule has 0 aromatic heterocycles. The molecule has 1 heterocycles. The average molecular weight is 520 g/mol. The second kappa shape index (κ2) is 9.30.